The van der Waals surface area contributed by atoms with Crippen molar-refractivity contribution in [1.82, 2.24) is 4.90 Å². The highest BCUT2D eigenvalue weighted by atomic mass is 16.5. The maximum atomic E-state index is 12.2. The van der Waals surface area contributed by atoms with Crippen molar-refractivity contribution >= 4 is 5.97 Å². The lowest BCUT2D eigenvalue weighted by Gasteiger charge is -2.37. The van der Waals surface area contributed by atoms with Crippen molar-refractivity contribution in [1.29, 1.82) is 0 Å². The topological polar surface area (TPSA) is 70.0 Å². The van der Waals surface area contributed by atoms with Crippen LogP contribution in [-0.2, 0) is 9.53 Å². The van der Waals surface area contributed by atoms with Crippen LogP contribution in [-0.4, -0.2) is 53.9 Å². The predicted molar refractivity (Wildman–Crippen MR) is 213 cm³/mol. The van der Waals surface area contributed by atoms with Crippen molar-refractivity contribution < 1.29 is 19.7 Å². The van der Waals surface area contributed by atoms with Crippen molar-refractivity contribution in [2.75, 3.05) is 32.8 Å². The molecule has 0 amide bonds. The Morgan fingerprint density at radius 1 is 0.735 bits per heavy atom. The highest BCUT2D eigenvalue weighted by Gasteiger charge is 2.45. The van der Waals surface area contributed by atoms with Crippen molar-refractivity contribution in [2.45, 2.75) is 209 Å². The molecule has 49 heavy (non-hydrogen) atoms. The van der Waals surface area contributed by atoms with E-state index in [4.69, 9.17) is 14.9 Å². The van der Waals surface area contributed by atoms with Crippen LogP contribution < -0.4 is 0 Å². The van der Waals surface area contributed by atoms with E-state index in [-0.39, 0.29) is 12.6 Å². The summed E-state index contributed by atoms with van der Waals surface area (Å²) >= 11 is 0. The zero-order valence-electron chi connectivity index (χ0n) is 34.2. The van der Waals surface area contributed by atoms with Crippen molar-refractivity contribution in [3.8, 4) is 0 Å². The van der Waals surface area contributed by atoms with Gasteiger partial charge >= 0.3 is 5.97 Å². The fourth-order valence-electron chi connectivity index (χ4n) is 7.25. The van der Waals surface area contributed by atoms with Gasteiger partial charge < -0.3 is 19.8 Å². The molecule has 1 aliphatic rings. The Balaban J connectivity index is 0.00000195. The van der Waals surface area contributed by atoms with Gasteiger partial charge in [-0.1, -0.05) is 145 Å². The number of carbonyl (C=O) groups is 1. The number of unbranched alkanes of at least 4 members (excludes halogenated alkanes) is 13. The summed E-state index contributed by atoms with van der Waals surface area (Å²) < 4.78 is 5.59. The molecule has 5 heteroatoms. The Morgan fingerprint density at radius 3 is 1.65 bits per heavy atom. The SMILES string of the molecule is C=C(O)CCCCCCCN(CCCCO)CCCCCCCC(=O)OCCC(CCCCC)CCCCC.CC1CCC(C)(C)C1(C)C. The van der Waals surface area contributed by atoms with E-state index in [9.17, 15) is 4.79 Å². The van der Waals surface area contributed by atoms with Gasteiger partial charge in [-0.2, -0.15) is 0 Å². The van der Waals surface area contributed by atoms with E-state index >= 15 is 0 Å². The highest BCUT2D eigenvalue weighted by molar-refractivity contribution is 5.69. The molecule has 0 heterocycles. The van der Waals surface area contributed by atoms with E-state index < -0.39 is 0 Å². The molecule has 5 nitrogen and oxygen atoms in total. The third-order valence-electron chi connectivity index (χ3n) is 12.1. The molecule has 0 aliphatic heterocycles. The van der Waals surface area contributed by atoms with Gasteiger partial charge in [-0.25, -0.2) is 0 Å². The molecule has 1 saturated carbocycles. The Kier molecular flexibility index (Phi) is 29.9. The second-order valence-corrected chi connectivity index (χ2v) is 16.8. The zero-order chi connectivity index (χ0) is 36.8. The number of nitrogens with zero attached hydrogens (tertiary/aromatic N) is 1. The lowest BCUT2D eigenvalue weighted by molar-refractivity contribution is -0.144. The largest absolute Gasteiger partial charge is 0.513 e. The molecule has 0 aromatic rings. The molecule has 1 rings (SSSR count). The van der Waals surface area contributed by atoms with E-state index in [2.05, 4.69) is 59.9 Å². The molecular weight excluding hydrogens is 606 g/mol. The van der Waals surface area contributed by atoms with Crippen molar-refractivity contribution in [2.24, 2.45) is 22.7 Å². The normalized spacial score (nSPS) is 16.6. The number of carbonyl (C=O) groups excluding carboxylic acids is 1. The molecule has 0 spiro atoms. The minimum Gasteiger partial charge on any atom is -0.513 e. The van der Waals surface area contributed by atoms with E-state index in [1.165, 1.54) is 103 Å². The fraction of sp³-hybridized carbons (Fsp3) is 0.932. The Morgan fingerprint density at radius 2 is 1.22 bits per heavy atom. The van der Waals surface area contributed by atoms with Gasteiger partial charge in [-0.05, 0) is 100 Å². The third kappa shape index (κ3) is 25.5. The number of allylic oxidation sites excluding steroid dienone is 1. The van der Waals surface area contributed by atoms with E-state index in [1.54, 1.807) is 0 Å². The minimum absolute atomic E-state index is 0.00721. The number of esters is 1. The molecule has 0 saturated heterocycles. The molecule has 0 aromatic carbocycles. The Bertz CT molecular complexity index is 769. The van der Waals surface area contributed by atoms with Gasteiger partial charge in [-0.15, -0.1) is 0 Å². The summed E-state index contributed by atoms with van der Waals surface area (Å²) in [4.78, 5) is 14.8. The monoisotopic (exact) mass is 694 g/mol. The molecule has 0 radical (unpaired) electrons. The van der Waals surface area contributed by atoms with Crippen LogP contribution in [0.4, 0.5) is 0 Å². The fourth-order valence-corrected chi connectivity index (χ4v) is 7.25. The molecule has 1 atom stereocenters. The van der Waals surface area contributed by atoms with Crippen LogP contribution in [0.5, 0.6) is 0 Å². The Labute approximate surface area is 306 Å². The second-order valence-electron chi connectivity index (χ2n) is 16.8. The summed E-state index contributed by atoms with van der Waals surface area (Å²) in [5, 5.41) is 18.3. The summed E-state index contributed by atoms with van der Waals surface area (Å²) in [5.41, 5.74) is 1.11. The van der Waals surface area contributed by atoms with Gasteiger partial charge in [0.1, 0.15) is 0 Å². The van der Waals surface area contributed by atoms with Crippen LogP contribution >= 0.6 is 0 Å². The predicted octanol–water partition coefficient (Wildman–Crippen LogP) is 13.0. The van der Waals surface area contributed by atoms with Crippen LogP contribution in [0, 0.1) is 22.7 Å². The lowest BCUT2D eigenvalue weighted by Crippen LogP contribution is -2.30. The van der Waals surface area contributed by atoms with Crippen LogP contribution in [0.2, 0.25) is 0 Å². The lowest BCUT2D eigenvalue weighted by atomic mass is 9.67. The standard InChI is InChI=1S/C34H67NO4.C10H20/c1-4-6-14-23-33(24-15-7-5-2)26-31-39-34(38)25-17-11-9-13-19-28-35(29-20-21-30-36)27-18-12-8-10-16-22-32(3)37;1-8-6-7-9(2,3)10(8,4)5/h33,36-37H,3-31H2,1-2H3;8H,6-7H2,1-5H3. The smallest absolute Gasteiger partial charge is 0.305 e. The molecular formula is C44H87NO4. The molecule has 1 fully saturated rings. The van der Waals surface area contributed by atoms with Crippen LogP contribution in [0.3, 0.4) is 0 Å². The first-order valence-corrected chi connectivity index (χ1v) is 21.3. The van der Waals surface area contributed by atoms with E-state index in [1.807, 2.05) is 0 Å². The van der Waals surface area contributed by atoms with Gasteiger partial charge in [0.25, 0.3) is 0 Å². The number of rotatable bonds is 31. The number of hydrogen-bond donors (Lipinski definition) is 2. The summed E-state index contributed by atoms with van der Waals surface area (Å²) in [7, 11) is 0. The minimum atomic E-state index is -0.00721. The number of aliphatic hydroxyl groups is 2. The summed E-state index contributed by atoms with van der Waals surface area (Å²) in [6.07, 6.45) is 29.0. The number of ether oxygens (including phenoxy) is 1. The van der Waals surface area contributed by atoms with Gasteiger partial charge in [-0.3, -0.25) is 4.79 Å². The van der Waals surface area contributed by atoms with Gasteiger partial charge in [0.15, 0.2) is 0 Å². The maximum absolute atomic E-state index is 12.2. The van der Waals surface area contributed by atoms with Crippen LogP contribution in [0.15, 0.2) is 12.3 Å². The highest BCUT2D eigenvalue weighted by Crippen LogP contribution is 2.55. The quantitative estimate of drug-likeness (QED) is 0.0430. The first-order chi connectivity index (χ1) is 23.4. The van der Waals surface area contributed by atoms with Gasteiger partial charge in [0.2, 0.25) is 0 Å². The average molecular weight is 694 g/mol. The van der Waals surface area contributed by atoms with Gasteiger partial charge in [0, 0.05) is 19.4 Å². The number of hydrogen-bond acceptors (Lipinski definition) is 5. The second kappa shape index (κ2) is 30.5. The molecule has 1 unspecified atom stereocenters. The first kappa shape index (κ1) is 47.9. The van der Waals surface area contributed by atoms with Crippen molar-refractivity contribution in [3.63, 3.8) is 0 Å². The molecule has 292 valence electrons. The Hall–Kier alpha value is -1.07. The third-order valence-corrected chi connectivity index (χ3v) is 12.1. The molecule has 1 aliphatic carbocycles. The van der Waals surface area contributed by atoms with Crippen molar-refractivity contribution in [3.05, 3.63) is 12.3 Å². The molecule has 0 aromatic heterocycles. The molecule has 2 N–H and O–H groups in total. The average Bonchev–Trinajstić information content (AvgIpc) is 3.24. The maximum Gasteiger partial charge on any atom is 0.305 e. The van der Waals surface area contributed by atoms with Crippen LogP contribution in [0.25, 0.3) is 0 Å². The first-order valence-electron chi connectivity index (χ1n) is 21.3. The van der Waals surface area contributed by atoms with Crippen LogP contribution in [0.1, 0.15) is 209 Å². The zero-order valence-corrected chi connectivity index (χ0v) is 34.2. The summed E-state index contributed by atoms with van der Waals surface area (Å²) in [6.45, 7) is 24.3. The van der Waals surface area contributed by atoms with E-state index in [0.717, 1.165) is 82.8 Å². The molecule has 0 bridgehead atoms. The summed E-state index contributed by atoms with van der Waals surface area (Å²) in [5.74, 6) is 1.92. The summed E-state index contributed by atoms with van der Waals surface area (Å²) in [6, 6.07) is 0. The van der Waals surface area contributed by atoms with E-state index in [0.29, 0.717) is 29.6 Å². The number of aliphatic hydroxyl groups excluding tert-OH is 2. The van der Waals surface area contributed by atoms with Gasteiger partial charge in [0.05, 0.1) is 12.4 Å².